The largest absolute Gasteiger partial charge is 0.523 e. The van der Waals surface area contributed by atoms with Crippen LogP contribution in [0.1, 0.15) is 0 Å². The SMILES string of the molecule is CN(COC(F)(F)F)SC(F)(F)F. The first-order valence-corrected chi connectivity index (χ1v) is 3.55. The second-order valence-corrected chi connectivity index (χ2v) is 3.15. The number of halogens is 6. The van der Waals surface area contributed by atoms with Crippen molar-refractivity contribution in [3.8, 4) is 0 Å². The lowest BCUT2D eigenvalue weighted by Gasteiger charge is -2.17. The average Bonchev–Trinajstić information content (AvgIpc) is 1.78. The summed E-state index contributed by atoms with van der Waals surface area (Å²) < 4.78 is 71.9. The molecule has 0 rings (SSSR count). The van der Waals surface area contributed by atoms with E-state index >= 15 is 0 Å². The number of hydrogen-bond acceptors (Lipinski definition) is 3. The number of rotatable bonds is 3. The van der Waals surface area contributed by atoms with Gasteiger partial charge in [-0.1, -0.05) is 0 Å². The van der Waals surface area contributed by atoms with Crippen molar-refractivity contribution < 1.29 is 31.1 Å². The van der Waals surface area contributed by atoms with Gasteiger partial charge in [-0.05, 0) is 0 Å². The fourth-order valence-electron chi connectivity index (χ4n) is 0.367. The van der Waals surface area contributed by atoms with Crippen LogP contribution in [0.15, 0.2) is 0 Å². The van der Waals surface area contributed by atoms with Crippen LogP contribution in [0.3, 0.4) is 0 Å². The minimum Gasteiger partial charge on any atom is -0.275 e. The molecular weight excluding hydrogens is 224 g/mol. The predicted molar refractivity (Wildman–Crippen MR) is 33.4 cm³/mol. The second kappa shape index (κ2) is 4.38. The average molecular weight is 229 g/mol. The van der Waals surface area contributed by atoms with Crippen LogP contribution in [-0.4, -0.2) is 30.0 Å². The quantitative estimate of drug-likeness (QED) is 0.419. The molecule has 0 amide bonds. The van der Waals surface area contributed by atoms with Gasteiger partial charge in [-0.25, -0.2) is 4.31 Å². The molecule has 2 nitrogen and oxygen atoms in total. The molecule has 0 aliphatic heterocycles. The first kappa shape index (κ1) is 12.8. The van der Waals surface area contributed by atoms with E-state index in [2.05, 4.69) is 4.74 Å². The maximum Gasteiger partial charge on any atom is 0.523 e. The van der Waals surface area contributed by atoms with Gasteiger partial charge in [-0.3, -0.25) is 4.74 Å². The third-order valence-electron chi connectivity index (χ3n) is 0.669. The molecule has 0 fully saturated rings. The van der Waals surface area contributed by atoms with Crippen molar-refractivity contribution in [1.82, 2.24) is 4.31 Å². The summed E-state index contributed by atoms with van der Waals surface area (Å²) in [5.74, 6) is 0. The highest BCUT2D eigenvalue weighted by Crippen LogP contribution is 2.32. The third kappa shape index (κ3) is 9.77. The molecule has 9 heteroatoms. The van der Waals surface area contributed by atoms with Gasteiger partial charge in [0.25, 0.3) is 0 Å². The van der Waals surface area contributed by atoms with E-state index < -0.39 is 30.5 Å². The van der Waals surface area contributed by atoms with Gasteiger partial charge < -0.3 is 0 Å². The molecular formula is C4H5F6NOS. The normalized spacial score (nSPS) is 13.8. The molecule has 0 unspecified atom stereocenters. The van der Waals surface area contributed by atoms with E-state index in [4.69, 9.17) is 0 Å². The van der Waals surface area contributed by atoms with Gasteiger partial charge in [-0.2, -0.15) is 13.2 Å². The Bertz CT molecular complexity index is 156. The van der Waals surface area contributed by atoms with Crippen LogP contribution in [0.5, 0.6) is 0 Å². The molecule has 0 N–H and O–H groups in total. The highest BCUT2D eigenvalue weighted by atomic mass is 32.2. The van der Waals surface area contributed by atoms with E-state index in [1.54, 1.807) is 0 Å². The first-order chi connectivity index (χ1) is 5.60. The molecule has 0 radical (unpaired) electrons. The van der Waals surface area contributed by atoms with Gasteiger partial charge in [0.2, 0.25) is 0 Å². The molecule has 0 saturated heterocycles. The Labute approximate surface area is 74.0 Å². The van der Waals surface area contributed by atoms with E-state index in [1.807, 2.05) is 0 Å². The lowest BCUT2D eigenvalue weighted by Crippen LogP contribution is -2.25. The summed E-state index contributed by atoms with van der Waals surface area (Å²) in [6.07, 6.45) is -4.92. The molecule has 0 atom stereocenters. The van der Waals surface area contributed by atoms with E-state index in [1.165, 1.54) is 0 Å². The monoisotopic (exact) mass is 229 g/mol. The van der Waals surface area contributed by atoms with Crippen molar-refractivity contribution in [3.05, 3.63) is 0 Å². The lowest BCUT2D eigenvalue weighted by atomic mass is 11.1. The first-order valence-electron chi connectivity index (χ1n) is 2.78. The van der Waals surface area contributed by atoms with Gasteiger partial charge in [0.05, 0.1) is 0 Å². The van der Waals surface area contributed by atoms with Crippen LogP contribution in [0.2, 0.25) is 0 Å². The van der Waals surface area contributed by atoms with Crippen LogP contribution in [0.4, 0.5) is 26.3 Å². The van der Waals surface area contributed by atoms with Gasteiger partial charge in [0, 0.05) is 19.0 Å². The Morgan fingerprint density at radius 3 is 1.92 bits per heavy atom. The smallest absolute Gasteiger partial charge is 0.275 e. The summed E-state index contributed by atoms with van der Waals surface area (Å²) in [7, 11) is 0.837. The molecule has 0 aliphatic carbocycles. The Balaban J connectivity index is 3.70. The van der Waals surface area contributed by atoms with Crippen molar-refractivity contribution in [2.24, 2.45) is 0 Å². The minimum absolute atomic E-state index is 0.285. The van der Waals surface area contributed by atoms with Gasteiger partial charge in [0.15, 0.2) is 0 Å². The lowest BCUT2D eigenvalue weighted by molar-refractivity contribution is -0.331. The van der Waals surface area contributed by atoms with Crippen molar-refractivity contribution >= 4 is 11.9 Å². The van der Waals surface area contributed by atoms with Crippen molar-refractivity contribution in [2.45, 2.75) is 11.9 Å². The fourth-order valence-corrected chi connectivity index (χ4v) is 0.826. The van der Waals surface area contributed by atoms with Crippen molar-refractivity contribution in [3.63, 3.8) is 0 Å². The van der Waals surface area contributed by atoms with Crippen LogP contribution in [-0.2, 0) is 4.74 Å². The molecule has 0 heterocycles. The Kier molecular flexibility index (Phi) is 4.33. The standard InChI is InChI=1S/C4H5F6NOS/c1-11(13-4(8,9)10)2-12-3(5,6)7/h2H2,1H3. The Morgan fingerprint density at radius 2 is 1.62 bits per heavy atom. The van der Waals surface area contributed by atoms with E-state index in [-0.39, 0.29) is 4.31 Å². The maximum absolute atomic E-state index is 11.5. The van der Waals surface area contributed by atoms with Gasteiger partial charge in [-0.15, -0.1) is 13.2 Å². The van der Waals surface area contributed by atoms with E-state index in [0.717, 1.165) is 7.05 Å². The number of alkyl halides is 6. The Morgan fingerprint density at radius 1 is 1.15 bits per heavy atom. The summed E-state index contributed by atoms with van der Waals surface area (Å²) in [5.41, 5.74) is -4.61. The number of nitrogens with zero attached hydrogens (tertiary/aromatic N) is 1. The van der Waals surface area contributed by atoms with E-state index in [0.29, 0.717) is 0 Å². The fraction of sp³-hybridized carbons (Fsp3) is 1.00. The zero-order valence-corrected chi connectivity index (χ0v) is 7.06. The molecule has 0 aromatic rings. The van der Waals surface area contributed by atoms with Crippen molar-refractivity contribution in [2.75, 3.05) is 13.8 Å². The molecule has 0 aliphatic rings. The van der Waals surface area contributed by atoms with Crippen LogP contribution in [0.25, 0.3) is 0 Å². The summed E-state index contributed by atoms with van der Waals surface area (Å²) in [6, 6.07) is 0. The zero-order chi connectivity index (χ0) is 10.7. The summed E-state index contributed by atoms with van der Waals surface area (Å²) in [5, 5.41) is 0. The second-order valence-electron chi connectivity index (χ2n) is 1.88. The van der Waals surface area contributed by atoms with Crippen LogP contribution in [0, 0.1) is 0 Å². The highest BCUT2D eigenvalue weighted by molar-refractivity contribution is 7.97. The third-order valence-corrected chi connectivity index (χ3v) is 1.29. The minimum atomic E-state index is -4.92. The molecule has 0 bridgehead atoms. The molecule has 0 spiro atoms. The molecule has 0 aromatic carbocycles. The number of ether oxygens (including phenoxy) is 1. The molecule has 0 saturated carbocycles. The topological polar surface area (TPSA) is 12.5 Å². The summed E-state index contributed by atoms with van der Waals surface area (Å²) >= 11 is -0.694. The zero-order valence-electron chi connectivity index (χ0n) is 6.24. The molecule has 13 heavy (non-hydrogen) atoms. The summed E-state index contributed by atoms with van der Waals surface area (Å²) in [4.78, 5) is 0. The summed E-state index contributed by atoms with van der Waals surface area (Å²) in [6.45, 7) is -1.17. The van der Waals surface area contributed by atoms with Gasteiger partial charge in [0.1, 0.15) is 6.73 Å². The van der Waals surface area contributed by atoms with Crippen molar-refractivity contribution in [1.29, 1.82) is 0 Å². The predicted octanol–water partition coefficient (Wildman–Crippen LogP) is 2.58. The highest BCUT2D eigenvalue weighted by Gasteiger charge is 2.34. The van der Waals surface area contributed by atoms with Crippen LogP contribution >= 0.6 is 11.9 Å². The van der Waals surface area contributed by atoms with E-state index in [9.17, 15) is 26.3 Å². The molecule has 80 valence electrons. The maximum atomic E-state index is 11.5. The number of hydrogen-bond donors (Lipinski definition) is 0. The van der Waals surface area contributed by atoms with Crippen LogP contribution < -0.4 is 0 Å². The molecule has 0 aromatic heterocycles. The van der Waals surface area contributed by atoms with Gasteiger partial charge >= 0.3 is 11.9 Å². The Hall–Kier alpha value is -0.150.